The fourth-order valence-corrected chi connectivity index (χ4v) is 4.94. The van der Waals surface area contributed by atoms with E-state index < -0.39 is 8.80 Å². The SMILES string of the molecule is CO[Si](OC)(OC)C1OCCCC1CCCN. The van der Waals surface area contributed by atoms with Crippen LogP contribution in [0.2, 0.25) is 0 Å². The highest BCUT2D eigenvalue weighted by Crippen LogP contribution is 2.32. The van der Waals surface area contributed by atoms with Crippen molar-refractivity contribution in [1.82, 2.24) is 0 Å². The Morgan fingerprint density at radius 1 is 1.24 bits per heavy atom. The summed E-state index contributed by atoms with van der Waals surface area (Å²) in [6.45, 7) is 1.47. The van der Waals surface area contributed by atoms with E-state index >= 15 is 0 Å². The average molecular weight is 263 g/mol. The molecule has 5 nitrogen and oxygen atoms in total. The largest absolute Gasteiger partial charge is 0.530 e. The molecule has 2 unspecified atom stereocenters. The van der Waals surface area contributed by atoms with Crippen molar-refractivity contribution in [1.29, 1.82) is 0 Å². The van der Waals surface area contributed by atoms with Crippen LogP contribution >= 0.6 is 0 Å². The highest BCUT2D eigenvalue weighted by atomic mass is 28.4. The third-order valence-electron chi connectivity index (χ3n) is 3.43. The molecule has 0 spiro atoms. The van der Waals surface area contributed by atoms with Gasteiger partial charge in [0.25, 0.3) is 0 Å². The van der Waals surface area contributed by atoms with Crippen molar-refractivity contribution in [2.24, 2.45) is 11.7 Å². The summed E-state index contributed by atoms with van der Waals surface area (Å²) in [5, 5.41) is 0. The summed E-state index contributed by atoms with van der Waals surface area (Å²) in [6, 6.07) is 0. The molecule has 0 aliphatic carbocycles. The van der Waals surface area contributed by atoms with E-state index in [2.05, 4.69) is 0 Å². The third kappa shape index (κ3) is 3.49. The van der Waals surface area contributed by atoms with Gasteiger partial charge in [-0.2, -0.15) is 0 Å². The van der Waals surface area contributed by atoms with Crippen molar-refractivity contribution in [3.8, 4) is 0 Å². The van der Waals surface area contributed by atoms with E-state index in [9.17, 15) is 0 Å². The predicted molar refractivity (Wildman–Crippen MR) is 67.5 cm³/mol. The van der Waals surface area contributed by atoms with Crippen LogP contribution in [0.3, 0.4) is 0 Å². The fraction of sp³-hybridized carbons (Fsp3) is 1.00. The van der Waals surface area contributed by atoms with E-state index in [4.69, 9.17) is 23.7 Å². The Kier molecular flexibility index (Phi) is 6.61. The maximum atomic E-state index is 5.87. The molecule has 0 aromatic carbocycles. The standard InChI is InChI=1S/C11H25NO4Si/c1-13-17(14-2,15-3)11-10(6-4-8-12)7-5-9-16-11/h10-11H,4-9,12H2,1-3H3. The molecule has 6 heteroatoms. The second-order valence-corrected chi connectivity index (χ2v) is 7.34. The quantitative estimate of drug-likeness (QED) is 0.693. The van der Waals surface area contributed by atoms with Crippen LogP contribution in [0.25, 0.3) is 0 Å². The summed E-state index contributed by atoms with van der Waals surface area (Å²) in [5.41, 5.74) is 5.52. The molecule has 17 heavy (non-hydrogen) atoms. The van der Waals surface area contributed by atoms with Gasteiger partial charge >= 0.3 is 8.80 Å². The summed E-state index contributed by atoms with van der Waals surface area (Å²) in [7, 11) is 2.22. The van der Waals surface area contributed by atoms with Gasteiger partial charge in [-0.1, -0.05) is 0 Å². The maximum absolute atomic E-state index is 5.87. The van der Waals surface area contributed by atoms with E-state index in [1.54, 1.807) is 21.3 Å². The lowest BCUT2D eigenvalue weighted by molar-refractivity contribution is -0.0424. The summed E-state index contributed by atoms with van der Waals surface area (Å²) >= 11 is 0. The lowest BCUT2D eigenvalue weighted by Crippen LogP contribution is -2.59. The topological polar surface area (TPSA) is 62.9 Å². The summed E-state index contributed by atoms with van der Waals surface area (Å²) in [4.78, 5) is 0. The third-order valence-corrected chi connectivity index (χ3v) is 6.47. The highest BCUT2D eigenvalue weighted by molar-refractivity contribution is 6.62. The first-order valence-electron chi connectivity index (χ1n) is 6.21. The molecule has 0 aromatic rings. The minimum Gasteiger partial charge on any atom is -0.375 e. The average Bonchev–Trinajstić information content (AvgIpc) is 2.40. The molecule has 2 atom stereocenters. The van der Waals surface area contributed by atoms with Gasteiger partial charge in [0.1, 0.15) is 5.73 Å². The molecule has 1 rings (SSSR count). The molecule has 1 saturated heterocycles. The number of nitrogens with two attached hydrogens (primary N) is 1. The van der Waals surface area contributed by atoms with Crippen molar-refractivity contribution in [2.75, 3.05) is 34.5 Å². The first-order chi connectivity index (χ1) is 8.24. The normalized spacial score (nSPS) is 26.1. The van der Waals surface area contributed by atoms with Crippen LogP contribution in [0.1, 0.15) is 25.7 Å². The van der Waals surface area contributed by atoms with Crippen molar-refractivity contribution >= 4 is 8.80 Å². The first kappa shape index (κ1) is 15.1. The monoisotopic (exact) mass is 263 g/mol. The molecule has 1 aliphatic heterocycles. The van der Waals surface area contributed by atoms with Crippen LogP contribution in [0.15, 0.2) is 0 Å². The highest BCUT2D eigenvalue weighted by Gasteiger charge is 2.52. The van der Waals surface area contributed by atoms with Gasteiger partial charge in [0.05, 0.1) is 0 Å². The van der Waals surface area contributed by atoms with Crippen molar-refractivity contribution in [3.63, 3.8) is 0 Å². The Balaban J connectivity index is 2.73. The van der Waals surface area contributed by atoms with E-state index in [-0.39, 0.29) is 5.73 Å². The van der Waals surface area contributed by atoms with Gasteiger partial charge in [-0.15, -0.1) is 0 Å². The van der Waals surface area contributed by atoms with Gasteiger partial charge < -0.3 is 23.7 Å². The molecule has 2 N–H and O–H groups in total. The molecule has 1 aliphatic rings. The summed E-state index contributed by atoms with van der Waals surface area (Å²) in [5.74, 6) is 0.429. The van der Waals surface area contributed by atoms with Gasteiger partial charge in [0, 0.05) is 27.9 Å². The molecule has 0 radical (unpaired) electrons. The van der Waals surface area contributed by atoms with Gasteiger partial charge in [-0.3, -0.25) is 0 Å². The van der Waals surface area contributed by atoms with Crippen LogP contribution in [0.4, 0.5) is 0 Å². The Morgan fingerprint density at radius 2 is 1.88 bits per heavy atom. The molecule has 0 bridgehead atoms. The second kappa shape index (κ2) is 7.45. The van der Waals surface area contributed by atoms with Crippen LogP contribution < -0.4 is 5.73 Å². The van der Waals surface area contributed by atoms with Crippen LogP contribution in [0.5, 0.6) is 0 Å². The number of hydrogen-bond acceptors (Lipinski definition) is 5. The van der Waals surface area contributed by atoms with Crippen molar-refractivity contribution in [3.05, 3.63) is 0 Å². The van der Waals surface area contributed by atoms with Crippen LogP contribution in [-0.2, 0) is 18.0 Å². The zero-order valence-corrected chi connectivity index (χ0v) is 12.1. The maximum Gasteiger partial charge on any atom is 0.530 e. The second-order valence-electron chi connectivity index (χ2n) is 4.34. The molecule has 1 fully saturated rings. The Bertz CT molecular complexity index is 205. The zero-order chi connectivity index (χ0) is 12.7. The number of rotatable bonds is 7. The van der Waals surface area contributed by atoms with Gasteiger partial charge in [0.2, 0.25) is 0 Å². The minimum absolute atomic E-state index is 0.0530. The molecule has 0 saturated carbocycles. The summed E-state index contributed by atoms with van der Waals surface area (Å²) < 4.78 is 22.4. The van der Waals surface area contributed by atoms with Crippen LogP contribution in [-0.4, -0.2) is 49.0 Å². The Morgan fingerprint density at radius 3 is 2.41 bits per heavy atom. The van der Waals surface area contributed by atoms with E-state index in [0.717, 1.165) is 32.3 Å². The Hall–Kier alpha value is 0.0169. The van der Waals surface area contributed by atoms with Crippen LogP contribution in [0, 0.1) is 5.92 Å². The van der Waals surface area contributed by atoms with E-state index in [1.807, 2.05) is 0 Å². The minimum atomic E-state index is -2.69. The predicted octanol–water partition coefficient (Wildman–Crippen LogP) is 0.938. The van der Waals surface area contributed by atoms with Gasteiger partial charge in [-0.05, 0) is 38.1 Å². The zero-order valence-electron chi connectivity index (χ0n) is 11.1. The molecular formula is C11H25NO4Si. The molecule has 1 heterocycles. The van der Waals surface area contributed by atoms with Crippen molar-refractivity contribution < 1.29 is 18.0 Å². The van der Waals surface area contributed by atoms with Gasteiger partial charge in [-0.25, -0.2) is 0 Å². The molecule has 102 valence electrons. The smallest absolute Gasteiger partial charge is 0.375 e. The van der Waals surface area contributed by atoms with E-state index in [1.165, 1.54) is 0 Å². The molecule has 0 amide bonds. The lowest BCUT2D eigenvalue weighted by atomic mass is 9.96. The molecule has 0 aromatic heterocycles. The van der Waals surface area contributed by atoms with Crippen molar-refractivity contribution in [2.45, 2.75) is 31.4 Å². The number of ether oxygens (including phenoxy) is 1. The number of hydrogen-bond donors (Lipinski definition) is 1. The summed E-state index contributed by atoms with van der Waals surface area (Å²) in [6.07, 6.45) is 4.28. The lowest BCUT2D eigenvalue weighted by Gasteiger charge is -2.39. The van der Waals surface area contributed by atoms with E-state index in [0.29, 0.717) is 12.5 Å². The Labute approximate surface area is 105 Å². The fourth-order valence-electron chi connectivity index (χ4n) is 2.51. The molecular weight excluding hydrogens is 238 g/mol. The first-order valence-corrected chi connectivity index (χ1v) is 8.01. The van der Waals surface area contributed by atoms with Gasteiger partial charge in [0.15, 0.2) is 0 Å².